The van der Waals surface area contributed by atoms with E-state index < -0.39 is 0 Å². The molecule has 14 heavy (non-hydrogen) atoms. The van der Waals surface area contributed by atoms with E-state index in [9.17, 15) is 5.11 Å². The van der Waals surface area contributed by atoms with Crippen LogP contribution < -0.4 is 14.4 Å². The predicted molar refractivity (Wildman–Crippen MR) is 55.5 cm³/mol. The van der Waals surface area contributed by atoms with Crippen molar-refractivity contribution >= 4 is 5.69 Å². The summed E-state index contributed by atoms with van der Waals surface area (Å²) in [5.74, 6) is 0.864. The van der Waals surface area contributed by atoms with Gasteiger partial charge in [-0.25, -0.2) is 0 Å². The van der Waals surface area contributed by atoms with E-state index in [1.54, 1.807) is 6.07 Å². The summed E-state index contributed by atoms with van der Waals surface area (Å²) in [4.78, 5) is 1.86. The molecule has 0 unspecified atom stereocenters. The summed E-state index contributed by atoms with van der Waals surface area (Å²) >= 11 is 0. The fraction of sp³-hybridized carbons (Fsp3) is 0.400. The first-order valence-corrected chi connectivity index (χ1v) is 4.23. The number of aromatic hydroxyl groups is 1. The topological polar surface area (TPSA) is 41.9 Å². The molecule has 0 heterocycles. The smallest absolute Gasteiger partial charge is 0.202 e. The van der Waals surface area contributed by atoms with E-state index in [0.717, 1.165) is 5.69 Å². The molecule has 0 fully saturated rings. The molecule has 1 N–H and O–H groups in total. The van der Waals surface area contributed by atoms with Gasteiger partial charge in [0.25, 0.3) is 0 Å². The molecule has 1 aromatic carbocycles. The summed E-state index contributed by atoms with van der Waals surface area (Å²) in [5, 5.41) is 9.74. The van der Waals surface area contributed by atoms with Crippen LogP contribution in [0.2, 0.25) is 0 Å². The molecule has 0 aliphatic heterocycles. The minimum absolute atomic E-state index is 0.0289. The Morgan fingerprint density at radius 2 is 1.79 bits per heavy atom. The molecule has 0 aliphatic rings. The van der Waals surface area contributed by atoms with Crippen molar-refractivity contribution in [2.75, 3.05) is 33.2 Å². The molecule has 0 aliphatic carbocycles. The van der Waals surface area contributed by atoms with Gasteiger partial charge in [0.05, 0.1) is 19.9 Å². The lowest BCUT2D eigenvalue weighted by molar-refractivity contribution is 0.340. The third-order valence-corrected chi connectivity index (χ3v) is 1.98. The minimum Gasteiger partial charge on any atom is -0.502 e. The molecular formula is C10H15NO3. The van der Waals surface area contributed by atoms with Crippen LogP contribution in [0.4, 0.5) is 5.69 Å². The summed E-state index contributed by atoms with van der Waals surface area (Å²) in [5.41, 5.74) is 0.811. The maximum atomic E-state index is 9.74. The third kappa shape index (κ3) is 1.69. The fourth-order valence-corrected chi connectivity index (χ4v) is 1.26. The highest BCUT2D eigenvalue weighted by Crippen LogP contribution is 2.42. The Morgan fingerprint density at radius 1 is 1.14 bits per heavy atom. The van der Waals surface area contributed by atoms with E-state index in [1.807, 2.05) is 25.1 Å². The van der Waals surface area contributed by atoms with Crippen LogP contribution in [0.5, 0.6) is 17.2 Å². The molecule has 78 valence electrons. The van der Waals surface area contributed by atoms with E-state index in [4.69, 9.17) is 9.47 Å². The number of benzene rings is 1. The van der Waals surface area contributed by atoms with E-state index in [2.05, 4.69) is 0 Å². The summed E-state index contributed by atoms with van der Waals surface area (Å²) < 4.78 is 10.1. The number of hydrogen-bond donors (Lipinski definition) is 1. The highest BCUT2D eigenvalue weighted by molar-refractivity contribution is 5.68. The third-order valence-electron chi connectivity index (χ3n) is 1.98. The van der Waals surface area contributed by atoms with Gasteiger partial charge < -0.3 is 19.5 Å². The first-order chi connectivity index (χ1) is 6.61. The summed E-state index contributed by atoms with van der Waals surface area (Å²) in [6, 6.07) is 3.53. The lowest BCUT2D eigenvalue weighted by Gasteiger charge is -2.18. The van der Waals surface area contributed by atoms with Gasteiger partial charge in [0, 0.05) is 14.1 Å². The van der Waals surface area contributed by atoms with Gasteiger partial charge in [-0.1, -0.05) is 0 Å². The van der Waals surface area contributed by atoms with Crippen LogP contribution in [0.3, 0.4) is 0 Å². The van der Waals surface area contributed by atoms with E-state index in [1.165, 1.54) is 14.2 Å². The summed E-state index contributed by atoms with van der Waals surface area (Å²) in [6.07, 6.45) is 0. The van der Waals surface area contributed by atoms with Crippen LogP contribution in [0.1, 0.15) is 0 Å². The normalized spacial score (nSPS) is 9.71. The second kappa shape index (κ2) is 4.09. The molecule has 0 spiro atoms. The Bertz CT molecular complexity index is 323. The maximum absolute atomic E-state index is 9.74. The Kier molecular flexibility index (Phi) is 3.06. The zero-order valence-electron chi connectivity index (χ0n) is 8.87. The lowest BCUT2D eigenvalue weighted by atomic mass is 10.2. The molecule has 0 saturated heterocycles. The highest BCUT2D eigenvalue weighted by Gasteiger charge is 2.14. The number of phenolic OH excluding ortho intramolecular Hbond substituents is 1. The molecule has 0 saturated carbocycles. The van der Waals surface area contributed by atoms with Crippen LogP contribution in [0.15, 0.2) is 12.1 Å². The standard InChI is InChI=1S/C10H15NO3/c1-11(2)7-5-6-8(13-3)9(12)10(7)14-4/h5-6,12H,1-4H3. The summed E-state index contributed by atoms with van der Waals surface area (Å²) in [6.45, 7) is 0. The number of anilines is 1. The van der Waals surface area contributed by atoms with Gasteiger partial charge in [0.1, 0.15) is 0 Å². The Hall–Kier alpha value is -1.58. The second-order valence-electron chi connectivity index (χ2n) is 3.06. The first-order valence-electron chi connectivity index (χ1n) is 4.23. The monoisotopic (exact) mass is 197 g/mol. The zero-order chi connectivity index (χ0) is 10.7. The van der Waals surface area contributed by atoms with Crippen molar-refractivity contribution in [3.8, 4) is 17.2 Å². The van der Waals surface area contributed by atoms with E-state index >= 15 is 0 Å². The van der Waals surface area contributed by atoms with Crippen LogP contribution in [0, 0.1) is 0 Å². The average Bonchev–Trinajstić information content (AvgIpc) is 2.17. The van der Waals surface area contributed by atoms with Crippen LogP contribution >= 0.6 is 0 Å². The van der Waals surface area contributed by atoms with Crippen LogP contribution in [0.25, 0.3) is 0 Å². The van der Waals surface area contributed by atoms with Crippen molar-refractivity contribution in [1.29, 1.82) is 0 Å². The van der Waals surface area contributed by atoms with Crippen molar-refractivity contribution in [2.24, 2.45) is 0 Å². The molecular weight excluding hydrogens is 182 g/mol. The van der Waals surface area contributed by atoms with Crippen molar-refractivity contribution in [2.45, 2.75) is 0 Å². The number of nitrogens with zero attached hydrogens (tertiary/aromatic N) is 1. The number of methoxy groups -OCH3 is 2. The predicted octanol–water partition coefficient (Wildman–Crippen LogP) is 1.48. The van der Waals surface area contributed by atoms with Crippen molar-refractivity contribution in [1.82, 2.24) is 0 Å². The lowest BCUT2D eigenvalue weighted by Crippen LogP contribution is -2.10. The van der Waals surface area contributed by atoms with Gasteiger partial charge in [-0.05, 0) is 12.1 Å². The Labute approximate surface area is 83.7 Å². The van der Waals surface area contributed by atoms with Gasteiger partial charge in [-0.2, -0.15) is 0 Å². The van der Waals surface area contributed by atoms with E-state index in [-0.39, 0.29) is 5.75 Å². The number of phenols is 1. The quantitative estimate of drug-likeness (QED) is 0.796. The fourth-order valence-electron chi connectivity index (χ4n) is 1.26. The van der Waals surface area contributed by atoms with Crippen molar-refractivity contribution < 1.29 is 14.6 Å². The second-order valence-corrected chi connectivity index (χ2v) is 3.06. The molecule has 0 bridgehead atoms. The number of hydrogen-bond acceptors (Lipinski definition) is 4. The molecule has 1 aromatic rings. The van der Waals surface area contributed by atoms with Gasteiger partial charge in [-0.15, -0.1) is 0 Å². The Balaban J connectivity index is 3.28. The first kappa shape index (κ1) is 10.5. The highest BCUT2D eigenvalue weighted by atomic mass is 16.5. The molecule has 0 amide bonds. The number of ether oxygens (including phenoxy) is 2. The maximum Gasteiger partial charge on any atom is 0.202 e. The van der Waals surface area contributed by atoms with Crippen molar-refractivity contribution in [3.05, 3.63) is 12.1 Å². The Morgan fingerprint density at radius 3 is 2.21 bits per heavy atom. The van der Waals surface area contributed by atoms with Gasteiger partial charge in [-0.3, -0.25) is 0 Å². The van der Waals surface area contributed by atoms with Crippen LogP contribution in [-0.4, -0.2) is 33.4 Å². The van der Waals surface area contributed by atoms with Gasteiger partial charge >= 0.3 is 0 Å². The van der Waals surface area contributed by atoms with E-state index in [0.29, 0.717) is 11.5 Å². The van der Waals surface area contributed by atoms with Crippen LogP contribution in [-0.2, 0) is 0 Å². The van der Waals surface area contributed by atoms with Gasteiger partial charge in [0.2, 0.25) is 5.75 Å². The molecule has 4 nitrogen and oxygen atoms in total. The summed E-state index contributed by atoms with van der Waals surface area (Å²) in [7, 11) is 6.78. The molecule has 0 radical (unpaired) electrons. The SMILES string of the molecule is COc1ccc(N(C)C)c(OC)c1O. The molecule has 1 rings (SSSR count). The average molecular weight is 197 g/mol. The largest absolute Gasteiger partial charge is 0.502 e. The zero-order valence-corrected chi connectivity index (χ0v) is 8.87. The minimum atomic E-state index is 0.0289. The molecule has 4 heteroatoms. The van der Waals surface area contributed by atoms with Gasteiger partial charge in [0.15, 0.2) is 11.5 Å². The van der Waals surface area contributed by atoms with Crippen molar-refractivity contribution in [3.63, 3.8) is 0 Å². The molecule has 0 atom stereocenters. The molecule has 0 aromatic heterocycles. The number of rotatable bonds is 3.